The van der Waals surface area contributed by atoms with Crippen LogP contribution in [-0.2, 0) is 18.4 Å². The highest BCUT2D eigenvalue weighted by atomic mass is 31.2. The van der Waals surface area contributed by atoms with E-state index < -0.39 is 26.6 Å². The van der Waals surface area contributed by atoms with Gasteiger partial charge in [-0.2, -0.15) is 0 Å². The van der Waals surface area contributed by atoms with E-state index in [1.807, 2.05) is 27.2 Å². The molecule has 1 amide bonds. The first kappa shape index (κ1) is 66.2. The molecular weight excluding hydrogens is 864 g/mol. The molecule has 0 saturated heterocycles. The van der Waals surface area contributed by atoms with Crippen LogP contribution in [-0.4, -0.2) is 68.5 Å². The van der Waals surface area contributed by atoms with Crippen LogP contribution in [0.5, 0.6) is 0 Å². The molecule has 0 fully saturated rings. The summed E-state index contributed by atoms with van der Waals surface area (Å²) in [6.45, 7) is 4.59. The van der Waals surface area contributed by atoms with E-state index in [0.717, 1.165) is 70.6 Å². The quantitative estimate of drug-likeness (QED) is 0.0272. The fraction of sp³-hybridized carbons (Fsp3) is 0.814. The van der Waals surface area contributed by atoms with Crippen molar-refractivity contribution < 1.29 is 32.9 Å². The number of phosphoric ester groups is 1. The molecule has 0 rings (SSSR count). The molecule has 0 aliphatic carbocycles. The van der Waals surface area contributed by atoms with Gasteiger partial charge in [0.25, 0.3) is 7.82 Å². The number of allylic oxidation sites excluding steroid dienone is 9. The molecule has 0 bridgehead atoms. The predicted molar refractivity (Wildman–Crippen MR) is 293 cm³/mol. The molecule has 2 N–H and O–H groups in total. The van der Waals surface area contributed by atoms with Gasteiger partial charge < -0.3 is 28.8 Å². The van der Waals surface area contributed by atoms with Crippen LogP contribution >= 0.6 is 7.82 Å². The number of aliphatic hydroxyl groups excluding tert-OH is 1. The smallest absolute Gasteiger partial charge is 0.268 e. The third-order valence-electron chi connectivity index (χ3n) is 12.7. The zero-order chi connectivity index (χ0) is 49.9. The van der Waals surface area contributed by atoms with Gasteiger partial charge in [-0.25, -0.2) is 0 Å². The van der Waals surface area contributed by atoms with E-state index in [9.17, 15) is 19.4 Å². The molecule has 0 aromatic heterocycles. The number of carbonyl (C=O) groups is 1. The number of hydrogen-bond acceptors (Lipinski definition) is 6. The van der Waals surface area contributed by atoms with Crippen LogP contribution in [0.3, 0.4) is 0 Å². The second-order valence-electron chi connectivity index (χ2n) is 20.6. The van der Waals surface area contributed by atoms with Crippen molar-refractivity contribution in [3.63, 3.8) is 0 Å². The first-order chi connectivity index (χ1) is 33.0. The Morgan fingerprint density at radius 1 is 0.515 bits per heavy atom. The summed E-state index contributed by atoms with van der Waals surface area (Å²) in [5, 5.41) is 13.8. The first-order valence-corrected chi connectivity index (χ1v) is 30.1. The van der Waals surface area contributed by atoms with Crippen molar-refractivity contribution in [1.29, 1.82) is 0 Å². The van der Waals surface area contributed by atoms with Gasteiger partial charge in [-0.15, -0.1) is 0 Å². The summed E-state index contributed by atoms with van der Waals surface area (Å²) in [5.41, 5.74) is 0. The molecule has 0 radical (unpaired) electrons. The van der Waals surface area contributed by atoms with Crippen LogP contribution in [0, 0.1) is 0 Å². The molecule has 9 heteroatoms. The van der Waals surface area contributed by atoms with Gasteiger partial charge in [0.15, 0.2) is 0 Å². The number of nitrogens with one attached hydrogen (secondary N) is 1. The van der Waals surface area contributed by atoms with E-state index in [4.69, 9.17) is 9.05 Å². The molecule has 0 saturated carbocycles. The molecule has 0 heterocycles. The van der Waals surface area contributed by atoms with Gasteiger partial charge in [0.1, 0.15) is 13.2 Å². The van der Waals surface area contributed by atoms with E-state index in [1.165, 1.54) is 167 Å². The zero-order valence-electron chi connectivity index (χ0n) is 45.3. The Kier molecular flexibility index (Phi) is 48.8. The predicted octanol–water partition coefficient (Wildman–Crippen LogP) is 16.7. The number of hydrogen-bond donors (Lipinski definition) is 2. The number of amides is 1. The monoisotopic (exact) mass is 975 g/mol. The number of quaternary nitrogens is 1. The highest BCUT2D eigenvalue weighted by Gasteiger charge is 2.23. The second-order valence-corrected chi connectivity index (χ2v) is 22.0. The minimum absolute atomic E-state index is 0.0138. The van der Waals surface area contributed by atoms with Crippen molar-refractivity contribution >= 4 is 13.7 Å². The van der Waals surface area contributed by atoms with Crippen molar-refractivity contribution in [2.45, 2.75) is 270 Å². The number of unbranched alkanes of at least 4 members (excludes halogenated alkanes) is 31. The van der Waals surface area contributed by atoms with Gasteiger partial charge in [0, 0.05) is 6.42 Å². The fourth-order valence-electron chi connectivity index (χ4n) is 8.16. The maximum Gasteiger partial charge on any atom is 0.268 e. The van der Waals surface area contributed by atoms with E-state index in [2.05, 4.69) is 67.8 Å². The Morgan fingerprint density at radius 3 is 1.31 bits per heavy atom. The van der Waals surface area contributed by atoms with Crippen LogP contribution < -0.4 is 10.2 Å². The van der Waals surface area contributed by atoms with Gasteiger partial charge >= 0.3 is 0 Å². The van der Waals surface area contributed by atoms with Gasteiger partial charge in [-0.1, -0.05) is 235 Å². The molecule has 0 spiro atoms. The van der Waals surface area contributed by atoms with E-state index in [0.29, 0.717) is 17.4 Å². The third-order valence-corrected chi connectivity index (χ3v) is 13.6. The summed E-state index contributed by atoms with van der Waals surface area (Å²) in [6, 6.07) is -0.920. The van der Waals surface area contributed by atoms with Gasteiger partial charge in [-0.3, -0.25) is 9.36 Å². The Balaban J connectivity index is 4.22. The van der Waals surface area contributed by atoms with E-state index in [-0.39, 0.29) is 12.5 Å². The largest absolute Gasteiger partial charge is 0.756 e. The maximum atomic E-state index is 12.9. The van der Waals surface area contributed by atoms with Crippen LogP contribution in [0.15, 0.2) is 60.8 Å². The van der Waals surface area contributed by atoms with Crippen molar-refractivity contribution in [2.75, 3.05) is 40.9 Å². The Morgan fingerprint density at radius 2 is 0.868 bits per heavy atom. The number of likely N-dealkylation sites (N-methyl/N-ethyl adjacent to an activating group) is 1. The molecule has 3 atom stereocenters. The third kappa shape index (κ3) is 52.0. The van der Waals surface area contributed by atoms with E-state index in [1.54, 1.807) is 6.08 Å². The molecule has 68 heavy (non-hydrogen) atoms. The van der Waals surface area contributed by atoms with Crippen LogP contribution in [0.4, 0.5) is 0 Å². The minimum atomic E-state index is -4.61. The molecular formula is C59H111N2O6P. The Labute approximate surface area is 422 Å². The molecule has 8 nitrogen and oxygen atoms in total. The average Bonchev–Trinajstić information content (AvgIpc) is 3.30. The number of phosphoric acid groups is 1. The molecule has 398 valence electrons. The Bertz CT molecular complexity index is 1290. The van der Waals surface area contributed by atoms with Crippen molar-refractivity contribution in [3.05, 3.63) is 60.8 Å². The molecule has 0 aromatic carbocycles. The van der Waals surface area contributed by atoms with Crippen LogP contribution in [0.1, 0.15) is 258 Å². The summed E-state index contributed by atoms with van der Waals surface area (Å²) in [4.78, 5) is 25.4. The van der Waals surface area contributed by atoms with Gasteiger partial charge in [0.05, 0.1) is 39.9 Å². The molecule has 0 aromatic rings. The fourth-order valence-corrected chi connectivity index (χ4v) is 8.88. The average molecular weight is 976 g/mol. The van der Waals surface area contributed by atoms with Gasteiger partial charge in [0.2, 0.25) is 5.91 Å². The number of nitrogens with zero attached hydrogens (tertiary/aromatic N) is 1. The molecule has 0 aliphatic heterocycles. The SMILES string of the molecule is CCCCC/C=C\C/C=C\CCCCCCCC(=O)NC(COP(=O)([O-])OCC[N+](C)(C)C)C(O)/C=C/CC/C=C/CC/C=C/CCCCCCCCCCCCCCCCCCCCCCC. The number of rotatable bonds is 52. The Hall–Kier alpha value is -1.80. The highest BCUT2D eigenvalue weighted by molar-refractivity contribution is 7.45. The minimum Gasteiger partial charge on any atom is -0.756 e. The molecule has 3 unspecified atom stereocenters. The van der Waals surface area contributed by atoms with Crippen molar-refractivity contribution in [1.82, 2.24) is 5.32 Å². The topological polar surface area (TPSA) is 108 Å². The van der Waals surface area contributed by atoms with Crippen molar-refractivity contribution in [2.24, 2.45) is 0 Å². The number of carbonyl (C=O) groups excluding carboxylic acids is 1. The summed E-state index contributed by atoms with van der Waals surface area (Å²) in [6.07, 6.45) is 67.5. The summed E-state index contributed by atoms with van der Waals surface area (Å²) in [5.74, 6) is -0.226. The van der Waals surface area contributed by atoms with Crippen LogP contribution in [0.25, 0.3) is 0 Å². The van der Waals surface area contributed by atoms with Crippen molar-refractivity contribution in [3.8, 4) is 0 Å². The first-order valence-electron chi connectivity index (χ1n) is 28.7. The number of aliphatic hydroxyl groups is 1. The molecule has 0 aliphatic rings. The lowest BCUT2D eigenvalue weighted by Crippen LogP contribution is -2.45. The van der Waals surface area contributed by atoms with E-state index >= 15 is 0 Å². The normalized spacial score (nSPS) is 14.4. The second kappa shape index (κ2) is 50.2. The summed E-state index contributed by atoms with van der Waals surface area (Å²) >= 11 is 0. The lowest BCUT2D eigenvalue weighted by atomic mass is 10.0. The summed E-state index contributed by atoms with van der Waals surface area (Å²) in [7, 11) is 1.22. The van der Waals surface area contributed by atoms with Gasteiger partial charge in [-0.05, 0) is 77.0 Å². The lowest BCUT2D eigenvalue weighted by molar-refractivity contribution is -0.870. The van der Waals surface area contributed by atoms with Crippen LogP contribution in [0.2, 0.25) is 0 Å². The zero-order valence-corrected chi connectivity index (χ0v) is 46.2. The lowest BCUT2D eigenvalue weighted by Gasteiger charge is -2.29. The summed E-state index contributed by atoms with van der Waals surface area (Å²) < 4.78 is 23.3. The maximum absolute atomic E-state index is 12.9. The highest BCUT2D eigenvalue weighted by Crippen LogP contribution is 2.38. The standard InChI is InChI=1S/C59H111N2O6P/c1-6-8-10-12-14-16-18-20-22-23-24-25-26-27-28-29-30-31-32-33-34-35-36-37-39-40-42-44-46-48-50-52-58(62)57(56-67-68(64,65)66-55-54-61(3,4)5)60-59(63)53-51-49-47-45-43-41-38-21-19-17-15-13-11-9-7-2/h15,17,21,36-38,42,44,50,52,57-58,62H,6-14,16,18-20,22-35,39-41,43,45-49,51,53-56H2,1-5H3,(H-,60,63,64,65)/b17-15-,37-36+,38-21-,44-42+,52-50+.